The van der Waals surface area contributed by atoms with Crippen LogP contribution in [0.1, 0.15) is 5.56 Å². The summed E-state index contributed by atoms with van der Waals surface area (Å²) in [6.07, 6.45) is 0. The van der Waals surface area contributed by atoms with Gasteiger partial charge in [0, 0.05) is 16.5 Å². The van der Waals surface area contributed by atoms with Crippen molar-refractivity contribution in [1.29, 1.82) is 0 Å². The minimum atomic E-state index is -0.142. The Morgan fingerprint density at radius 3 is 2.50 bits per heavy atom. The molecule has 0 saturated heterocycles. The fourth-order valence-electron chi connectivity index (χ4n) is 2.11. The molecule has 1 N–H and O–H groups in total. The molecule has 0 unspecified atom stereocenters. The molecule has 0 aliphatic carbocycles. The average Bonchev–Trinajstić information content (AvgIpc) is 3.14. The lowest BCUT2D eigenvalue weighted by Crippen LogP contribution is -2.13. The molecular weight excluding hydrogens is 457 g/mol. The second-order valence-corrected chi connectivity index (χ2v) is 9.70. The third-order valence-electron chi connectivity index (χ3n) is 3.43. The highest BCUT2D eigenvalue weighted by atomic mass is 35.5. The van der Waals surface area contributed by atoms with Gasteiger partial charge in [-0.3, -0.25) is 4.79 Å². The van der Waals surface area contributed by atoms with Crippen LogP contribution in [0.25, 0.3) is 0 Å². The SMILES string of the molecule is COc1ccc(NC(=O)CSc2nnc(SCc3ccc(Cl)cc3)s2)cc1Cl. The van der Waals surface area contributed by atoms with Crippen LogP contribution in [0.15, 0.2) is 51.1 Å². The van der Waals surface area contributed by atoms with E-state index in [9.17, 15) is 4.79 Å². The number of nitrogens with zero attached hydrogens (tertiary/aromatic N) is 2. The second-order valence-electron chi connectivity index (χ2n) is 5.44. The Labute approximate surface area is 185 Å². The van der Waals surface area contributed by atoms with Gasteiger partial charge in [-0.1, -0.05) is 70.2 Å². The van der Waals surface area contributed by atoms with Gasteiger partial charge in [-0.2, -0.15) is 0 Å². The maximum absolute atomic E-state index is 12.1. The summed E-state index contributed by atoms with van der Waals surface area (Å²) in [4.78, 5) is 12.1. The molecule has 0 fully saturated rings. The Balaban J connectivity index is 1.46. The summed E-state index contributed by atoms with van der Waals surface area (Å²) in [6.45, 7) is 0. The maximum Gasteiger partial charge on any atom is 0.234 e. The Morgan fingerprint density at radius 1 is 1.11 bits per heavy atom. The molecule has 146 valence electrons. The van der Waals surface area contributed by atoms with E-state index in [-0.39, 0.29) is 11.7 Å². The van der Waals surface area contributed by atoms with Gasteiger partial charge in [-0.15, -0.1) is 10.2 Å². The van der Waals surface area contributed by atoms with E-state index in [1.807, 2.05) is 24.3 Å². The van der Waals surface area contributed by atoms with Crippen LogP contribution in [0.3, 0.4) is 0 Å². The molecule has 1 heterocycles. The number of benzene rings is 2. The van der Waals surface area contributed by atoms with Gasteiger partial charge < -0.3 is 10.1 Å². The van der Waals surface area contributed by atoms with E-state index < -0.39 is 0 Å². The molecule has 5 nitrogen and oxygen atoms in total. The summed E-state index contributed by atoms with van der Waals surface area (Å²) < 4.78 is 6.71. The molecule has 3 rings (SSSR count). The fourth-order valence-corrected chi connectivity index (χ4v) is 5.27. The summed E-state index contributed by atoms with van der Waals surface area (Å²) in [5, 5.41) is 12.3. The first-order valence-corrected chi connectivity index (χ1v) is 11.5. The van der Waals surface area contributed by atoms with Crippen LogP contribution in [0.4, 0.5) is 5.69 Å². The van der Waals surface area contributed by atoms with E-state index in [1.165, 1.54) is 23.1 Å². The van der Waals surface area contributed by atoms with E-state index in [1.54, 1.807) is 37.1 Å². The van der Waals surface area contributed by atoms with Gasteiger partial charge in [0.25, 0.3) is 0 Å². The number of hydrogen-bond acceptors (Lipinski definition) is 7. The van der Waals surface area contributed by atoms with Crippen LogP contribution in [0.5, 0.6) is 5.75 Å². The molecule has 0 radical (unpaired) electrons. The van der Waals surface area contributed by atoms with Gasteiger partial charge in [-0.05, 0) is 35.9 Å². The van der Waals surface area contributed by atoms with Crippen LogP contribution in [-0.4, -0.2) is 29.0 Å². The van der Waals surface area contributed by atoms with Crippen LogP contribution in [-0.2, 0) is 10.5 Å². The van der Waals surface area contributed by atoms with Crippen molar-refractivity contribution in [2.75, 3.05) is 18.2 Å². The Morgan fingerprint density at radius 2 is 1.82 bits per heavy atom. The number of rotatable bonds is 8. The van der Waals surface area contributed by atoms with Gasteiger partial charge in [0.1, 0.15) is 5.75 Å². The number of halogens is 2. The minimum absolute atomic E-state index is 0.142. The largest absolute Gasteiger partial charge is 0.495 e. The summed E-state index contributed by atoms with van der Waals surface area (Å²) in [5.74, 6) is 1.44. The summed E-state index contributed by atoms with van der Waals surface area (Å²) in [5.41, 5.74) is 1.78. The predicted octanol–water partition coefficient (Wildman–Crippen LogP) is 5.88. The van der Waals surface area contributed by atoms with Gasteiger partial charge >= 0.3 is 0 Å². The molecular formula is C18H15Cl2N3O2S3. The molecule has 3 aromatic rings. The molecule has 0 aliphatic heterocycles. The van der Waals surface area contributed by atoms with Crippen molar-refractivity contribution < 1.29 is 9.53 Å². The first kappa shape index (κ1) is 21.3. The van der Waals surface area contributed by atoms with Crippen molar-refractivity contribution in [2.45, 2.75) is 14.4 Å². The van der Waals surface area contributed by atoms with Crippen molar-refractivity contribution in [3.63, 3.8) is 0 Å². The van der Waals surface area contributed by atoms with Crippen molar-refractivity contribution in [3.05, 3.63) is 58.1 Å². The van der Waals surface area contributed by atoms with Crippen LogP contribution in [0, 0.1) is 0 Å². The first-order valence-electron chi connectivity index (χ1n) is 8.00. The van der Waals surface area contributed by atoms with E-state index >= 15 is 0 Å². The number of anilines is 1. The number of carbonyl (C=O) groups is 1. The summed E-state index contributed by atoms with van der Waals surface area (Å²) >= 11 is 16.4. The van der Waals surface area contributed by atoms with Crippen molar-refractivity contribution >= 4 is 69.7 Å². The van der Waals surface area contributed by atoms with Crippen LogP contribution in [0.2, 0.25) is 10.0 Å². The third-order valence-corrected chi connectivity index (χ3v) is 7.23. The molecule has 10 heteroatoms. The highest BCUT2D eigenvalue weighted by molar-refractivity contribution is 8.03. The Kier molecular flexibility index (Phi) is 7.87. The highest BCUT2D eigenvalue weighted by Crippen LogP contribution is 2.31. The zero-order chi connectivity index (χ0) is 19.9. The fraction of sp³-hybridized carbons (Fsp3) is 0.167. The van der Waals surface area contributed by atoms with E-state index in [0.29, 0.717) is 16.5 Å². The standard InChI is InChI=1S/C18H15Cl2N3O2S3/c1-25-15-7-6-13(8-14(15)20)21-16(24)10-27-18-23-22-17(28-18)26-9-11-2-4-12(19)5-3-11/h2-8H,9-10H2,1H3,(H,21,24). The average molecular weight is 472 g/mol. The number of amides is 1. The van der Waals surface area contributed by atoms with E-state index in [0.717, 1.165) is 25.0 Å². The Hall–Kier alpha value is -1.45. The lowest BCUT2D eigenvalue weighted by molar-refractivity contribution is -0.113. The minimum Gasteiger partial charge on any atom is -0.495 e. The lowest BCUT2D eigenvalue weighted by Gasteiger charge is -2.07. The first-order chi connectivity index (χ1) is 13.5. The van der Waals surface area contributed by atoms with Crippen LogP contribution < -0.4 is 10.1 Å². The lowest BCUT2D eigenvalue weighted by atomic mass is 10.2. The summed E-state index contributed by atoms with van der Waals surface area (Å²) in [7, 11) is 1.54. The number of hydrogen-bond donors (Lipinski definition) is 1. The second kappa shape index (κ2) is 10.4. The molecule has 0 atom stereocenters. The molecule has 0 aliphatic rings. The quantitative estimate of drug-likeness (QED) is 0.414. The number of thioether (sulfide) groups is 2. The van der Waals surface area contributed by atoms with Crippen molar-refractivity contribution in [1.82, 2.24) is 10.2 Å². The third kappa shape index (κ3) is 6.28. The van der Waals surface area contributed by atoms with Gasteiger partial charge in [0.15, 0.2) is 8.68 Å². The van der Waals surface area contributed by atoms with Crippen molar-refractivity contribution in [2.24, 2.45) is 0 Å². The summed E-state index contributed by atoms with van der Waals surface area (Å²) in [6, 6.07) is 12.8. The number of carbonyl (C=O) groups excluding carboxylic acids is 1. The molecule has 1 aromatic heterocycles. The van der Waals surface area contributed by atoms with Gasteiger partial charge in [0.2, 0.25) is 5.91 Å². The molecule has 0 bridgehead atoms. The zero-order valence-electron chi connectivity index (χ0n) is 14.6. The number of methoxy groups -OCH3 is 1. The molecule has 28 heavy (non-hydrogen) atoms. The maximum atomic E-state index is 12.1. The predicted molar refractivity (Wildman–Crippen MR) is 118 cm³/mol. The van der Waals surface area contributed by atoms with E-state index in [2.05, 4.69) is 15.5 Å². The normalized spacial score (nSPS) is 10.7. The smallest absolute Gasteiger partial charge is 0.234 e. The van der Waals surface area contributed by atoms with Crippen molar-refractivity contribution in [3.8, 4) is 5.75 Å². The topological polar surface area (TPSA) is 64.1 Å². The van der Waals surface area contributed by atoms with Crippen LogP contribution >= 0.6 is 58.1 Å². The monoisotopic (exact) mass is 471 g/mol. The highest BCUT2D eigenvalue weighted by Gasteiger charge is 2.10. The molecule has 1 amide bonds. The zero-order valence-corrected chi connectivity index (χ0v) is 18.6. The molecule has 2 aromatic carbocycles. The number of aromatic nitrogens is 2. The molecule has 0 saturated carbocycles. The van der Waals surface area contributed by atoms with Gasteiger partial charge in [0.05, 0.1) is 17.9 Å². The molecule has 0 spiro atoms. The number of nitrogens with one attached hydrogen (secondary N) is 1. The van der Waals surface area contributed by atoms with E-state index in [4.69, 9.17) is 27.9 Å². The van der Waals surface area contributed by atoms with Gasteiger partial charge in [-0.25, -0.2) is 0 Å². The Bertz CT molecular complexity index is 952. The number of ether oxygens (including phenoxy) is 1.